The number of fused-ring (bicyclic) bond motifs is 1. The number of benzene rings is 1. The van der Waals surface area contributed by atoms with Crippen molar-refractivity contribution in [3.8, 4) is 0 Å². The summed E-state index contributed by atoms with van der Waals surface area (Å²) in [5.41, 5.74) is 2.44. The Hall–Kier alpha value is -1.92. The Balaban J connectivity index is 1.93. The van der Waals surface area contributed by atoms with E-state index in [1.807, 2.05) is 12.1 Å². The van der Waals surface area contributed by atoms with Gasteiger partial charge >= 0.3 is 0 Å². The molecule has 0 fully saturated rings. The van der Waals surface area contributed by atoms with Crippen LogP contribution in [0.3, 0.4) is 0 Å². The Morgan fingerprint density at radius 3 is 2.57 bits per heavy atom. The zero-order valence-electron chi connectivity index (χ0n) is 12.0. The summed E-state index contributed by atoms with van der Waals surface area (Å²) in [6, 6.07) is 11.6. The van der Waals surface area contributed by atoms with Gasteiger partial charge in [0.2, 0.25) is 10.0 Å². The van der Waals surface area contributed by atoms with Crippen molar-refractivity contribution in [3.05, 3.63) is 48.2 Å². The second kappa shape index (κ2) is 5.13. The predicted molar refractivity (Wildman–Crippen MR) is 82.3 cm³/mol. The number of hydrogen-bond acceptors (Lipinski definition) is 4. The zero-order chi connectivity index (χ0) is 15.0. The van der Waals surface area contributed by atoms with Crippen LogP contribution in [0.25, 0.3) is 0 Å². The normalized spacial score (nSPS) is 14.5. The number of pyridine rings is 1. The van der Waals surface area contributed by atoms with Gasteiger partial charge in [-0.15, -0.1) is 0 Å². The van der Waals surface area contributed by atoms with Crippen LogP contribution >= 0.6 is 0 Å². The second-order valence-electron chi connectivity index (χ2n) is 5.17. The first kappa shape index (κ1) is 14.0. The molecule has 0 bridgehead atoms. The lowest BCUT2D eigenvalue weighted by Gasteiger charge is -2.19. The molecule has 0 saturated heterocycles. The molecule has 5 nitrogen and oxygen atoms in total. The van der Waals surface area contributed by atoms with Gasteiger partial charge in [-0.25, -0.2) is 17.7 Å². The molecule has 3 rings (SSSR count). The highest BCUT2D eigenvalue weighted by Crippen LogP contribution is 2.33. The summed E-state index contributed by atoms with van der Waals surface area (Å²) in [5, 5.41) is 0. The van der Waals surface area contributed by atoms with Gasteiger partial charge in [-0.05, 0) is 30.2 Å². The van der Waals surface area contributed by atoms with E-state index in [1.54, 1.807) is 12.1 Å². The third kappa shape index (κ3) is 2.41. The first-order valence-electron chi connectivity index (χ1n) is 6.74. The summed E-state index contributed by atoms with van der Waals surface area (Å²) >= 11 is 0. The molecule has 1 aromatic heterocycles. The topological polar surface area (TPSA) is 53.5 Å². The van der Waals surface area contributed by atoms with Crippen LogP contribution in [0.2, 0.25) is 0 Å². The van der Waals surface area contributed by atoms with Crippen LogP contribution in [-0.4, -0.2) is 38.3 Å². The van der Waals surface area contributed by atoms with Crippen molar-refractivity contribution < 1.29 is 8.42 Å². The minimum Gasteiger partial charge on any atom is -0.326 e. The fraction of sp³-hybridized carbons (Fsp3) is 0.267. The lowest BCUT2D eigenvalue weighted by molar-refractivity contribution is 0.520. The van der Waals surface area contributed by atoms with Crippen molar-refractivity contribution in [2.75, 3.05) is 25.5 Å². The van der Waals surface area contributed by atoms with E-state index in [-0.39, 0.29) is 4.90 Å². The lowest BCUT2D eigenvalue weighted by atomic mass is 10.2. The molecule has 21 heavy (non-hydrogen) atoms. The molecule has 0 unspecified atom stereocenters. The van der Waals surface area contributed by atoms with E-state index in [2.05, 4.69) is 22.0 Å². The summed E-state index contributed by atoms with van der Waals surface area (Å²) < 4.78 is 25.3. The average molecular weight is 303 g/mol. The third-order valence-corrected chi connectivity index (χ3v) is 5.46. The Morgan fingerprint density at radius 1 is 1.14 bits per heavy atom. The van der Waals surface area contributed by atoms with Gasteiger partial charge in [-0.2, -0.15) is 0 Å². The molecular formula is C15H17N3O2S. The van der Waals surface area contributed by atoms with E-state index >= 15 is 0 Å². The molecule has 0 aliphatic carbocycles. The highest BCUT2D eigenvalue weighted by molar-refractivity contribution is 7.89. The van der Waals surface area contributed by atoms with E-state index in [4.69, 9.17) is 0 Å². The Bertz CT molecular complexity index is 755. The smallest absolute Gasteiger partial charge is 0.244 e. The Labute approximate surface area is 124 Å². The van der Waals surface area contributed by atoms with Crippen molar-refractivity contribution in [2.24, 2.45) is 0 Å². The molecule has 6 heteroatoms. The lowest BCUT2D eigenvalue weighted by Crippen LogP contribution is -2.22. The molecule has 0 N–H and O–H groups in total. The Morgan fingerprint density at radius 2 is 1.90 bits per heavy atom. The predicted octanol–water partition coefficient (Wildman–Crippen LogP) is 2.03. The molecule has 0 radical (unpaired) electrons. The molecule has 1 aliphatic heterocycles. The summed E-state index contributed by atoms with van der Waals surface area (Å²) in [5.74, 6) is 0.776. The van der Waals surface area contributed by atoms with Gasteiger partial charge in [0.25, 0.3) is 0 Å². The van der Waals surface area contributed by atoms with Gasteiger partial charge in [-0.3, -0.25) is 0 Å². The number of sulfonamides is 1. The molecule has 2 heterocycles. The number of hydrogen-bond donors (Lipinski definition) is 0. The fourth-order valence-corrected chi connectivity index (χ4v) is 3.32. The fourth-order valence-electron chi connectivity index (χ4n) is 2.47. The van der Waals surface area contributed by atoms with Crippen molar-refractivity contribution >= 4 is 21.5 Å². The monoisotopic (exact) mass is 303 g/mol. The first-order chi connectivity index (χ1) is 10.00. The van der Waals surface area contributed by atoms with Gasteiger partial charge in [0.05, 0.1) is 0 Å². The van der Waals surface area contributed by atoms with Gasteiger partial charge in [0, 0.05) is 32.5 Å². The van der Waals surface area contributed by atoms with Crippen molar-refractivity contribution in [1.29, 1.82) is 0 Å². The van der Waals surface area contributed by atoms with Crippen molar-refractivity contribution in [3.63, 3.8) is 0 Å². The standard InChI is InChI=1S/C15H17N3O2S/c1-17(2)21(19,20)13-7-8-15(16-11-13)18-10-9-12-5-3-4-6-14(12)18/h3-8,11H,9-10H2,1-2H3. The van der Waals surface area contributed by atoms with Crippen molar-refractivity contribution in [1.82, 2.24) is 9.29 Å². The first-order valence-corrected chi connectivity index (χ1v) is 8.18. The maximum atomic E-state index is 12.0. The quantitative estimate of drug-likeness (QED) is 0.870. The zero-order valence-corrected chi connectivity index (χ0v) is 12.8. The SMILES string of the molecule is CN(C)S(=O)(=O)c1ccc(N2CCc3ccccc32)nc1. The summed E-state index contributed by atoms with van der Waals surface area (Å²) in [4.78, 5) is 6.65. The van der Waals surface area contributed by atoms with Crippen LogP contribution in [0.4, 0.5) is 11.5 Å². The Kier molecular flexibility index (Phi) is 3.43. The summed E-state index contributed by atoms with van der Waals surface area (Å²) in [7, 11) is -0.398. The minimum atomic E-state index is -3.43. The summed E-state index contributed by atoms with van der Waals surface area (Å²) in [6.07, 6.45) is 2.40. The van der Waals surface area contributed by atoms with E-state index in [1.165, 1.54) is 30.2 Å². The molecule has 1 aliphatic rings. The van der Waals surface area contributed by atoms with Crippen LogP contribution in [0.1, 0.15) is 5.56 Å². The van der Waals surface area contributed by atoms with Crippen LogP contribution < -0.4 is 4.90 Å². The minimum absolute atomic E-state index is 0.212. The highest BCUT2D eigenvalue weighted by atomic mass is 32.2. The maximum Gasteiger partial charge on any atom is 0.244 e. The second-order valence-corrected chi connectivity index (χ2v) is 7.32. The summed E-state index contributed by atoms with van der Waals surface area (Å²) in [6.45, 7) is 0.867. The van der Waals surface area contributed by atoms with E-state index in [9.17, 15) is 8.42 Å². The molecular weight excluding hydrogens is 286 g/mol. The number of anilines is 2. The van der Waals surface area contributed by atoms with Crippen LogP contribution in [0, 0.1) is 0 Å². The molecule has 1 aromatic carbocycles. The number of rotatable bonds is 3. The third-order valence-electron chi connectivity index (χ3n) is 3.66. The van der Waals surface area contributed by atoms with E-state index in [0.29, 0.717) is 0 Å². The average Bonchev–Trinajstić information content (AvgIpc) is 2.91. The molecule has 0 atom stereocenters. The van der Waals surface area contributed by atoms with Crippen LogP contribution in [0.15, 0.2) is 47.5 Å². The van der Waals surface area contributed by atoms with E-state index in [0.717, 1.165) is 24.5 Å². The molecule has 0 saturated carbocycles. The van der Waals surface area contributed by atoms with Crippen LogP contribution in [0.5, 0.6) is 0 Å². The largest absolute Gasteiger partial charge is 0.326 e. The highest BCUT2D eigenvalue weighted by Gasteiger charge is 2.22. The van der Waals surface area contributed by atoms with Gasteiger partial charge < -0.3 is 4.90 Å². The van der Waals surface area contributed by atoms with Gasteiger partial charge in [-0.1, -0.05) is 18.2 Å². The molecule has 110 valence electrons. The van der Waals surface area contributed by atoms with Crippen molar-refractivity contribution in [2.45, 2.75) is 11.3 Å². The van der Waals surface area contributed by atoms with E-state index < -0.39 is 10.0 Å². The molecule has 2 aromatic rings. The van der Waals surface area contributed by atoms with Gasteiger partial charge in [0.1, 0.15) is 10.7 Å². The van der Waals surface area contributed by atoms with Gasteiger partial charge in [0.15, 0.2) is 0 Å². The molecule has 0 amide bonds. The number of aromatic nitrogens is 1. The number of para-hydroxylation sites is 1. The molecule has 0 spiro atoms. The number of nitrogens with zero attached hydrogens (tertiary/aromatic N) is 3. The maximum absolute atomic E-state index is 12.0. The van der Waals surface area contributed by atoms with Crippen LogP contribution in [-0.2, 0) is 16.4 Å².